The minimum atomic E-state index is -0.732. The van der Waals surface area contributed by atoms with Crippen LogP contribution in [0.4, 0.5) is 0 Å². The molecule has 0 fully saturated rings. The van der Waals surface area contributed by atoms with E-state index in [1.807, 2.05) is 13.8 Å². The van der Waals surface area contributed by atoms with Gasteiger partial charge in [-0.3, -0.25) is 19.3 Å². The average molecular weight is 360 g/mol. The third-order valence-corrected chi connectivity index (χ3v) is 4.05. The van der Waals surface area contributed by atoms with Gasteiger partial charge < -0.3 is 10.1 Å². The van der Waals surface area contributed by atoms with E-state index in [2.05, 4.69) is 5.32 Å². The number of amides is 3. The Morgan fingerprint density at radius 2 is 1.69 bits per heavy atom. The molecule has 1 aromatic carbocycles. The molecule has 7 heteroatoms. The van der Waals surface area contributed by atoms with Crippen LogP contribution in [-0.4, -0.2) is 47.8 Å². The molecule has 1 aliphatic rings. The van der Waals surface area contributed by atoms with Gasteiger partial charge >= 0.3 is 5.97 Å². The highest BCUT2D eigenvalue weighted by atomic mass is 16.5. The minimum absolute atomic E-state index is 0.0323. The molecule has 0 bridgehead atoms. The molecule has 2 rings (SSSR count). The van der Waals surface area contributed by atoms with E-state index >= 15 is 0 Å². The van der Waals surface area contributed by atoms with E-state index in [1.54, 1.807) is 31.2 Å². The Kier molecular flexibility index (Phi) is 6.49. The zero-order valence-electron chi connectivity index (χ0n) is 15.3. The van der Waals surface area contributed by atoms with E-state index < -0.39 is 29.7 Å². The Morgan fingerprint density at radius 1 is 1.12 bits per heavy atom. The molecule has 0 aromatic heterocycles. The molecule has 1 unspecified atom stereocenters. The number of fused-ring (bicyclic) bond motifs is 1. The van der Waals surface area contributed by atoms with Crippen molar-refractivity contribution in [3.63, 3.8) is 0 Å². The summed E-state index contributed by atoms with van der Waals surface area (Å²) in [6.45, 7) is 5.79. The molecule has 140 valence electrons. The zero-order valence-corrected chi connectivity index (χ0v) is 15.3. The molecule has 0 radical (unpaired) electrons. The normalized spacial score (nSPS) is 14.4. The maximum atomic E-state index is 12.3. The van der Waals surface area contributed by atoms with Crippen LogP contribution < -0.4 is 5.32 Å². The number of nitrogens with zero attached hydrogens (tertiary/aromatic N) is 1. The van der Waals surface area contributed by atoms with E-state index in [0.717, 1.165) is 4.90 Å². The summed E-state index contributed by atoms with van der Waals surface area (Å²) in [5, 5.41) is 2.64. The van der Waals surface area contributed by atoms with E-state index in [0.29, 0.717) is 17.5 Å². The van der Waals surface area contributed by atoms with Crippen LogP contribution in [0.15, 0.2) is 24.3 Å². The fraction of sp³-hybridized carbons (Fsp3) is 0.474. The van der Waals surface area contributed by atoms with E-state index in [1.165, 1.54) is 0 Å². The van der Waals surface area contributed by atoms with Crippen LogP contribution >= 0.6 is 0 Å². The fourth-order valence-corrected chi connectivity index (χ4v) is 2.85. The number of rotatable bonds is 8. The van der Waals surface area contributed by atoms with Crippen molar-refractivity contribution in [3.05, 3.63) is 35.4 Å². The van der Waals surface area contributed by atoms with Crippen molar-refractivity contribution in [2.24, 2.45) is 5.92 Å². The number of hydrogen-bond donors (Lipinski definition) is 1. The summed E-state index contributed by atoms with van der Waals surface area (Å²) in [5.74, 6) is -1.48. The van der Waals surface area contributed by atoms with E-state index in [9.17, 15) is 19.2 Å². The Labute approximate surface area is 152 Å². The van der Waals surface area contributed by atoms with Gasteiger partial charge in [0.25, 0.3) is 11.8 Å². The molecular weight excluding hydrogens is 336 g/mol. The van der Waals surface area contributed by atoms with Crippen molar-refractivity contribution in [1.82, 2.24) is 10.2 Å². The highest BCUT2D eigenvalue weighted by Gasteiger charge is 2.35. The highest BCUT2D eigenvalue weighted by Crippen LogP contribution is 2.22. The first-order valence-corrected chi connectivity index (χ1v) is 8.76. The van der Waals surface area contributed by atoms with Gasteiger partial charge in [0.1, 0.15) is 6.04 Å². The molecule has 26 heavy (non-hydrogen) atoms. The topological polar surface area (TPSA) is 92.8 Å². The Hall–Kier alpha value is -2.70. The average Bonchev–Trinajstić information content (AvgIpc) is 2.84. The highest BCUT2D eigenvalue weighted by molar-refractivity contribution is 6.21. The summed E-state index contributed by atoms with van der Waals surface area (Å²) in [6.07, 6.45) is 0.386. The molecule has 0 saturated heterocycles. The lowest BCUT2D eigenvalue weighted by Crippen LogP contribution is -2.44. The van der Waals surface area contributed by atoms with Crippen LogP contribution in [0.3, 0.4) is 0 Å². The third kappa shape index (κ3) is 4.47. The van der Waals surface area contributed by atoms with Gasteiger partial charge in [-0.1, -0.05) is 26.0 Å². The van der Waals surface area contributed by atoms with Gasteiger partial charge in [-0.05, 0) is 31.4 Å². The van der Waals surface area contributed by atoms with Gasteiger partial charge in [0.2, 0.25) is 5.91 Å². The molecule has 0 spiro atoms. The van der Waals surface area contributed by atoms with E-state index in [-0.39, 0.29) is 25.5 Å². The monoisotopic (exact) mass is 360 g/mol. The van der Waals surface area contributed by atoms with Crippen LogP contribution in [-0.2, 0) is 14.3 Å². The number of carbonyl (C=O) groups excluding carboxylic acids is 4. The number of ether oxygens (including phenoxy) is 1. The number of hydrogen-bond acceptors (Lipinski definition) is 5. The van der Waals surface area contributed by atoms with Crippen molar-refractivity contribution < 1.29 is 23.9 Å². The van der Waals surface area contributed by atoms with Crippen molar-refractivity contribution in [2.45, 2.75) is 39.7 Å². The SMILES string of the molecule is CCOC(=O)C(CC(C)C)NC(=O)CCN1C(=O)c2ccccc2C1=O. The lowest BCUT2D eigenvalue weighted by atomic mass is 10.0. The van der Waals surface area contributed by atoms with Crippen LogP contribution in [0.5, 0.6) is 0 Å². The van der Waals surface area contributed by atoms with Gasteiger partial charge in [0.15, 0.2) is 0 Å². The predicted octanol–water partition coefficient (Wildman–Crippen LogP) is 1.77. The van der Waals surface area contributed by atoms with Crippen LogP contribution in [0.2, 0.25) is 0 Å². The van der Waals surface area contributed by atoms with Crippen LogP contribution in [0.1, 0.15) is 54.3 Å². The van der Waals surface area contributed by atoms with Crippen molar-refractivity contribution in [1.29, 1.82) is 0 Å². The van der Waals surface area contributed by atoms with Gasteiger partial charge in [-0.15, -0.1) is 0 Å². The first-order valence-electron chi connectivity index (χ1n) is 8.76. The molecule has 7 nitrogen and oxygen atoms in total. The number of carbonyl (C=O) groups is 4. The second-order valence-corrected chi connectivity index (χ2v) is 6.56. The van der Waals surface area contributed by atoms with Crippen LogP contribution in [0, 0.1) is 5.92 Å². The summed E-state index contributed by atoms with van der Waals surface area (Å²) in [6, 6.07) is 5.83. The molecular formula is C19H24N2O5. The molecule has 1 heterocycles. The van der Waals surface area contributed by atoms with Gasteiger partial charge in [0, 0.05) is 13.0 Å². The van der Waals surface area contributed by atoms with Gasteiger partial charge in [-0.2, -0.15) is 0 Å². The maximum absolute atomic E-state index is 12.3. The number of nitrogens with one attached hydrogen (secondary N) is 1. The second-order valence-electron chi connectivity index (χ2n) is 6.56. The van der Waals surface area contributed by atoms with Crippen molar-refractivity contribution in [2.75, 3.05) is 13.2 Å². The summed E-state index contributed by atoms with van der Waals surface area (Å²) in [5.41, 5.74) is 0.698. The summed E-state index contributed by atoms with van der Waals surface area (Å²) < 4.78 is 4.99. The van der Waals surface area contributed by atoms with Crippen molar-refractivity contribution >= 4 is 23.7 Å². The Morgan fingerprint density at radius 3 is 2.19 bits per heavy atom. The van der Waals surface area contributed by atoms with Crippen molar-refractivity contribution in [3.8, 4) is 0 Å². The number of imide groups is 1. The lowest BCUT2D eigenvalue weighted by molar-refractivity contribution is -0.147. The smallest absolute Gasteiger partial charge is 0.328 e. The lowest BCUT2D eigenvalue weighted by Gasteiger charge is -2.20. The maximum Gasteiger partial charge on any atom is 0.328 e. The first-order chi connectivity index (χ1) is 12.3. The summed E-state index contributed by atoms with van der Waals surface area (Å²) in [4.78, 5) is 49.8. The quantitative estimate of drug-likeness (QED) is 0.563. The number of esters is 1. The molecule has 1 aliphatic heterocycles. The fourth-order valence-electron chi connectivity index (χ4n) is 2.85. The molecule has 1 atom stereocenters. The standard InChI is InChI=1S/C19H24N2O5/c1-4-26-19(25)15(11-12(2)3)20-16(22)9-10-21-17(23)13-7-5-6-8-14(13)18(21)24/h5-8,12,15H,4,9-11H2,1-3H3,(H,20,22). The summed E-state index contributed by atoms with van der Waals surface area (Å²) >= 11 is 0. The number of benzene rings is 1. The van der Waals surface area contributed by atoms with Gasteiger partial charge in [-0.25, -0.2) is 4.79 Å². The molecule has 3 amide bonds. The molecule has 0 saturated carbocycles. The zero-order chi connectivity index (χ0) is 19.3. The Balaban J connectivity index is 1.94. The van der Waals surface area contributed by atoms with Crippen LogP contribution in [0.25, 0.3) is 0 Å². The van der Waals surface area contributed by atoms with Gasteiger partial charge in [0.05, 0.1) is 17.7 Å². The minimum Gasteiger partial charge on any atom is -0.464 e. The molecule has 1 N–H and O–H groups in total. The molecule has 1 aromatic rings. The first kappa shape index (κ1) is 19.6. The largest absolute Gasteiger partial charge is 0.464 e. The summed E-state index contributed by atoms with van der Waals surface area (Å²) in [7, 11) is 0. The second kappa shape index (κ2) is 8.60. The molecule has 0 aliphatic carbocycles. The predicted molar refractivity (Wildman–Crippen MR) is 94.4 cm³/mol. The third-order valence-electron chi connectivity index (χ3n) is 4.05. The Bertz CT molecular complexity index is 679. The van der Waals surface area contributed by atoms with E-state index in [4.69, 9.17) is 4.74 Å².